The van der Waals surface area contributed by atoms with Crippen molar-refractivity contribution in [1.82, 2.24) is 24.5 Å². The molecule has 1 fully saturated rings. The molecule has 2 aromatic rings. The van der Waals surface area contributed by atoms with Gasteiger partial charge in [0.1, 0.15) is 6.04 Å². The summed E-state index contributed by atoms with van der Waals surface area (Å²) < 4.78 is 12.2. The predicted octanol–water partition coefficient (Wildman–Crippen LogP) is 0.669. The molecular weight excluding hydrogens is 374 g/mol. The molecular formula is C20H27N5O4. The second kappa shape index (κ2) is 8.08. The van der Waals surface area contributed by atoms with E-state index in [2.05, 4.69) is 15.0 Å². The van der Waals surface area contributed by atoms with Crippen LogP contribution in [0.4, 0.5) is 0 Å². The van der Waals surface area contributed by atoms with E-state index < -0.39 is 6.04 Å². The number of piperidine rings is 1. The lowest BCUT2D eigenvalue weighted by molar-refractivity contribution is -0.135. The molecule has 9 nitrogen and oxygen atoms in total. The number of likely N-dealkylation sites (tertiary alicyclic amines) is 1. The van der Waals surface area contributed by atoms with E-state index in [1.165, 1.54) is 6.07 Å². The summed E-state index contributed by atoms with van der Waals surface area (Å²) in [5, 5.41) is 4.01. The Morgan fingerprint density at radius 2 is 2.17 bits per heavy atom. The normalized spacial score (nSPS) is 23.6. The van der Waals surface area contributed by atoms with Crippen LogP contribution < -0.4 is 5.56 Å². The van der Waals surface area contributed by atoms with Crippen molar-refractivity contribution < 1.29 is 14.1 Å². The van der Waals surface area contributed by atoms with E-state index >= 15 is 0 Å². The number of aromatic nitrogens is 3. The summed E-state index contributed by atoms with van der Waals surface area (Å²) in [6.07, 6.45) is 1.51. The number of carbonyl (C=O) groups excluding carboxylic acids is 1. The van der Waals surface area contributed by atoms with E-state index in [0.717, 1.165) is 18.7 Å². The van der Waals surface area contributed by atoms with Gasteiger partial charge >= 0.3 is 0 Å². The third kappa shape index (κ3) is 3.84. The van der Waals surface area contributed by atoms with Crippen LogP contribution in [-0.4, -0.2) is 71.3 Å². The molecule has 0 aromatic carbocycles. The van der Waals surface area contributed by atoms with Crippen LogP contribution >= 0.6 is 0 Å². The number of carbonyl (C=O) groups is 1. The first kappa shape index (κ1) is 19.8. The van der Waals surface area contributed by atoms with Gasteiger partial charge in [-0.05, 0) is 12.5 Å². The molecule has 2 bridgehead atoms. The second-order valence-electron chi connectivity index (χ2n) is 8.07. The third-order valence-corrected chi connectivity index (χ3v) is 5.82. The molecule has 4 heterocycles. The molecule has 2 aromatic heterocycles. The summed E-state index contributed by atoms with van der Waals surface area (Å²) in [6, 6.07) is 4.81. The van der Waals surface area contributed by atoms with Crippen LogP contribution in [0.1, 0.15) is 35.8 Å². The van der Waals surface area contributed by atoms with Crippen LogP contribution in [0.15, 0.2) is 27.5 Å². The number of nitrogens with zero attached hydrogens (tertiary/aromatic N) is 5. The highest BCUT2D eigenvalue weighted by atomic mass is 16.5. The maximum absolute atomic E-state index is 13.0. The van der Waals surface area contributed by atoms with E-state index in [0.29, 0.717) is 37.8 Å². The molecule has 0 N–H and O–H groups in total. The topological polar surface area (TPSA) is 93.7 Å². The van der Waals surface area contributed by atoms with Crippen molar-refractivity contribution in [1.29, 1.82) is 0 Å². The number of fused-ring (bicyclic) bond motifs is 4. The summed E-state index contributed by atoms with van der Waals surface area (Å²) in [5.74, 6) is 1.43. The van der Waals surface area contributed by atoms with Crippen molar-refractivity contribution in [2.45, 2.75) is 31.3 Å². The smallest absolute Gasteiger partial charge is 0.251 e. The maximum atomic E-state index is 13.0. The number of amides is 1. The minimum atomic E-state index is -0.479. The molecule has 9 heteroatoms. The molecule has 156 valence electrons. The SMILES string of the molecule is COCCc1noc(CN2C[C@H]3C[C@@H](C2)[C@H](C(=O)N(C)C)n2c3cccc2=O)n1. The van der Waals surface area contributed by atoms with Gasteiger partial charge in [-0.1, -0.05) is 11.2 Å². The summed E-state index contributed by atoms with van der Waals surface area (Å²) in [7, 11) is 5.12. The third-order valence-electron chi connectivity index (χ3n) is 5.82. The van der Waals surface area contributed by atoms with Crippen LogP contribution in [0.5, 0.6) is 0 Å². The maximum Gasteiger partial charge on any atom is 0.251 e. The number of likely N-dealkylation sites (N-methyl/N-ethyl adjacent to an activating group) is 1. The molecule has 0 unspecified atom stereocenters. The molecule has 0 aliphatic carbocycles. The Morgan fingerprint density at radius 3 is 2.93 bits per heavy atom. The first-order valence-corrected chi connectivity index (χ1v) is 9.93. The molecule has 2 aliphatic heterocycles. The van der Waals surface area contributed by atoms with Gasteiger partial charge in [0.25, 0.3) is 5.56 Å². The summed E-state index contributed by atoms with van der Waals surface area (Å²) in [5.41, 5.74) is 0.829. The van der Waals surface area contributed by atoms with Gasteiger partial charge in [0, 0.05) is 64.3 Å². The average molecular weight is 401 g/mol. The molecule has 0 saturated carbocycles. The van der Waals surface area contributed by atoms with Gasteiger partial charge in [0.2, 0.25) is 11.8 Å². The number of hydrogen-bond donors (Lipinski definition) is 0. The highest BCUT2D eigenvalue weighted by Crippen LogP contribution is 2.41. The van der Waals surface area contributed by atoms with Gasteiger partial charge in [-0.25, -0.2) is 0 Å². The summed E-state index contributed by atoms with van der Waals surface area (Å²) >= 11 is 0. The minimum absolute atomic E-state index is 0.0375. The number of methoxy groups -OCH3 is 1. The van der Waals surface area contributed by atoms with Gasteiger partial charge in [0.15, 0.2) is 5.82 Å². The lowest BCUT2D eigenvalue weighted by Crippen LogP contribution is -2.53. The Kier molecular flexibility index (Phi) is 5.51. The zero-order valence-corrected chi connectivity index (χ0v) is 17.1. The molecule has 0 radical (unpaired) electrons. The molecule has 1 saturated heterocycles. The minimum Gasteiger partial charge on any atom is -0.384 e. The Balaban J connectivity index is 1.59. The van der Waals surface area contributed by atoms with Crippen molar-refractivity contribution in [3.63, 3.8) is 0 Å². The molecule has 0 spiro atoms. The first-order chi connectivity index (χ1) is 14.0. The Hall–Kier alpha value is -2.52. The van der Waals surface area contributed by atoms with E-state index in [1.54, 1.807) is 36.7 Å². The Labute approximate surface area is 169 Å². The van der Waals surface area contributed by atoms with E-state index in [4.69, 9.17) is 9.26 Å². The molecule has 2 aliphatic rings. The molecule has 1 amide bonds. The van der Waals surface area contributed by atoms with Crippen molar-refractivity contribution in [3.8, 4) is 0 Å². The molecule has 3 atom stereocenters. The van der Waals surface area contributed by atoms with Crippen LogP contribution in [-0.2, 0) is 22.5 Å². The monoisotopic (exact) mass is 401 g/mol. The fourth-order valence-corrected chi connectivity index (χ4v) is 4.58. The van der Waals surface area contributed by atoms with E-state index in [9.17, 15) is 9.59 Å². The molecule has 29 heavy (non-hydrogen) atoms. The van der Waals surface area contributed by atoms with E-state index in [-0.39, 0.29) is 23.3 Å². The van der Waals surface area contributed by atoms with Gasteiger partial charge in [-0.3, -0.25) is 19.1 Å². The van der Waals surface area contributed by atoms with Crippen molar-refractivity contribution in [3.05, 3.63) is 46.0 Å². The van der Waals surface area contributed by atoms with Gasteiger partial charge < -0.3 is 14.2 Å². The number of rotatable bonds is 6. The highest BCUT2D eigenvalue weighted by molar-refractivity contribution is 5.80. The van der Waals surface area contributed by atoms with Crippen molar-refractivity contribution >= 4 is 5.91 Å². The second-order valence-corrected chi connectivity index (χ2v) is 8.07. The summed E-state index contributed by atoms with van der Waals surface area (Å²) in [6.45, 7) is 2.58. The van der Waals surface area contributed by atoms with Gasteiger partial charge in [-0.15, -0.1) is 0 Å². The summed E-state index contributed by atoms with van der Waals surface area (Å²) in [4.78, 5) is 33.9. The van der Waals surface area contributed by atoms with Crippen LogP contribution in [0, 0.1) is 5.92 Å². The van der Waals surface area contributed by atoms with E-state index in [1.807, 2.05) is 6.07 Å². The predicted molar refractivity (Wildman–Crippen MR) is 104 cm³/mol. The quantitative estimate of drug-likeness (QED) is 0.702. The Bertz CT molecular complexity index is 937. The fourth-order valence-electron chi connectivity index (χ4n) is 4.58. The van der Waals surface area contributed by atoms with Crippen LogP contribution in [0.3, 0.4) is 0 Å². The molecule has 4 rings (SSSR count). The van der Waals surface area contributed by atoms with Gasteiger partial charge in [0.05, 0.1) is 13.2 Å². The first-order valence-electron chi connectivity index (χ1n) is 9.93. The zero-order chi connectivity index (χ0) is 20.5. The Morgan fingerprint density at radius 1 is 1.34 bits per heavy atom. The largest absolute Gasteiger partial charge is 0.384 e. The van der Waals surface area contributed by atoms with Crippen LogP contribution in [0.25, 0.3) is 0 Å². The lowest BCUT2D eigenvalue weighted by atomic mass is 9.78. The number of hydrogen-bond acceptors (Lipinski definition) is 7. The highest BCUT2D eigenvalue weighted by Gasteiger charge is 2.44. The lowest BCUT2D eigenvalue weighted by Gasteiger charge is -2.46. The zero-order valence-electron chi connectivity index (χ0n) is 17.1. The number of pyridine rings is 1. The average Bonchev–Trinajstić information content (AvgIpc) is 3.14. The van der Waals surface area contributed by atoms with Gasteiger partial charge in [-0.2, -0.15) is 4.98 Å². The van der Waals surface area contributed by atoms with Crippen LogP contribution in [0.2, 0.25) is 0 Å². The van der Waals surface area contributed by atoms with Crippen molar-refractivity contribution in [2.75, 3.05) is 40.9 Å². The fraction of sp³-hybridized carbons (Fsp3) is 0.600. The standard InChI is InChI=1S/C20H27N5O4/c1-23(2)20(27)19-14-9-13(15-5-4-6-18(26)25(15)19)10-24(11-14)12-17-21-16(22-29-17)7-8-28-3/h4-6,13-14,19H,7-12H2,1-3H3/t13-,14+,19-/m1/s1. The van der Waals surface area contributed by atoms with Crippen molar-refractivity contribution in [2.24, 2.45) is 5.92 Å². The number of ether oxygens (including phenoxy) is 1.